The average molecular weight is 324 g/mol. The highest BCUT2D eigenvalue weighted by Gasteiger charge is 2.46. The van der Waals surface area contributed by atoms with Crippen LogP contribution in [0.25, 0.3) is 0 Å². The maximum atomic E-state index is 13.8. The lowest BCUT2D eigenvalue weighted by atomic mass is 9.89. The Kier molecular flexibility index (Phi) is 3.99. The fourth-order valence-corrected chi connectivity index (χ4v) is 2.34. The zero-order chi connectivity index (χ0) is 13.3. The molecular formula is C12H13BrF3NO. The highest BCUT2D eigenvalue weighted by molar-refractivity contribution is 9.10. The first-order valence-corrected chi connectivity index (χ1v) is 6.35. The van der Waals surface area contributed by atoms with E-state index in [4.69, 9.17) is 4.74 Å². The second-order valence-electron chi connectivity index (χ2n) is 4.40. The first kappa shape index (κ1) is 13.8. The highest BCUT2D eigenvalue weighted by atomic mass is 79.9. The van der Waals surface area contributed by atoms with Gasteiger partial charge >= 0.3 is 0 Å². The normalized spacial score (nSPS) is 28.7. The third-order valence-corrected chi connectivity index (χ3v) is 3.58. The van der Waals surface area contributed by atoms with Crippen LogP contribution in [0.2, 0.25) is 0 Å². The fraction of sp³-hybridized carbons (Fsp3) is 0.500. The van der Waals surface area contributed by atoms with Crippen molar-refractivity contribution < 1.29 is 17.9 Å². The van der Waals surface area contributed by atoms with Gasteiger partial charge < -0.3 is 4.74 Å². The summed E-state index contributed by atoms with van der Waals surface area (Å²) in [5, 5.41) is 2.73. The third kappa shape index (κ3) is 2.41. The van der Waals surface area contributed by atoms with Crippen LogP contribution in [-0.2, 0) is 10.3 Å². The Morgan fingerprint density at radius 2 is 2.22 bits per heavy atom. The lowest BCUT2D eigenvalue weighted by Crippen LogP contribution is -2.58. The van der Waals surface area contributed by atoms with E-state index in [1.165, 1.54) is 18.2 Å². The summed E-state index contributed by atoms with van der Waals surface area (Å²) >= 11 is 3.17. The first-order valence-electron chi connectivity index (χ1n) is 5.56. The molecule has 1 N–H and O–H groups in total. The van der Waals surface area contributed by atoms with Gasteiger partial charge in [-0.15, -0.1) is 0 Å². The van der Waals surface area contributed by atoms with Gasteiger partial charge in [-0.1, -0.05) is 15.9 Å². The minimum Gasteiger partial charge on any atom is -0.375 e. The van der Waals surface area contributed by atoms with Crippen molar-refractivity contribution in [3.8, 4) is 0 Å². The predicted octanol–water partition coefficient (Wildman–Crippen LogP) is 3.06. The van der Waals surface area contributed by atoms with Crippen molar-refractivity contribution in [1.82, 2.24) is 5.32 Å². The van der Waals surface area contributed by atoms with E-state index in [1.54, 1.807) is 6.92 Å². The molecule has 0 amide bonds. The van der Waals surface area contributed by atoms with Gasteiger partial charge in [0, 0.05) is 16.6 Å². The van der Waals surface area contributed by atoms with Gasteiger partial charge in [0.25, 0.3) is 6.43 Å². The van der Waals surface area contributed by atoms with Crippen LogP contribution in [0.15, 0.2) is 22.7 Å². The molecule has 1 aromatic carbocycles. The first-order chi connectivity index (χ1) is 8.45. The number of alkyl halides is 2. The monoisotopic (exact) mass is 323 g/mol. The van der Waals surface area contributed by atoms with Crippen molar-refractivity contribution >= 4 is 15.9 Å². The summed E-state index contributed by atoms with van der Waals surface area (Å²) in [5.74, 6) is -0.663. The Bertz CT molecular complexity index is 433. The molecule has 1 aliphatic rings. The number of ether oxygens (including phenoxy) is 1. The minimum atomic E-state index is -2.76. The van der Waals surface area contributed by atoms with Gasteiger partial charge in [0.15, 0.2) is 0 Å². The number of hydrogen-bond donors (Lipinski definition) is 1. The summed E-state index contributed by atoms with van der Waals surface area (Å²) in [5.41, 5.74) is -1.85. The summed E-state index contributed by atoms with van der Waals surface area (Å²) in [6.07, 6.45) is -2.92. The van der Waals surface area contributed by atoms with Crippen LogP contribution in [0.4, 0.5) is 13.2 Å². The second-order valence-corrected chi connectivity index (χ2v) is 5.31. The van der Waals surface area contributed by atoms with Gasteiger partial charge in [-0.05, 0) is 25.1 Å². The van der Waals surface area contributed by atoms with Gasteiger partial charge in [0.05, 0.1) is 12.7 Å². The maximum Gasteiger partial charge on any atom is 0.263 e. The van der Waals surface area contributed by atoms with E-state index in [0.29, 0.717) is 4.47 Å². The third-order valence-electron chi connectivity index (χ3n) is 3.08. The standard InChI is InChI=1S/C12H13BrF3NO/c1-7-5-17-12(6-18-7,11(15)16)9-4-8(13)2-3-10(9)14/h2-4,7,11,17H,5-6H2,1H3. The fourth-order valence-electron chi connectivity index (χ4n) is 1.98. The number of hydrogen-bond acceptors (Lipinski definition) is 2. The molecule has 6 heteroatoms. The summed E-state index contributed by atoms with van der Waals surface area (Å²) in [6, 6.07) is 4.02. The minimum absolute atomic E-state index is 0.0706. The largest absolute Gasteiger partial charge is 0.375 e. The Morgan fingerprint density at radius 1 is 1.50 bits per heavy atom. The van der Waals surface area contributed by atoms with Crippen LogP contribution in [0.1, 0.15) is 12.5 Å². The molecule has 0 saturated carbocycles. The van der Waals surface area contributed by atoms with Crippen molar-refractivity contribution in [2.45, 2.75) is 25.0 Å². The summed E-state index contributed by atoms with van der Waals surface area (Å²) in [6.45, 7) is 1.79. The zero-order valence-electron chi connectivity index (χ0n) is 9.72. The Hall–Kier alpha value is -0.590. The van der Waals surface area contributed by atoms with Crippen LogP contribution in [0.3, 0.4) is 0 Å². The molecule has 2 rings (SSSR count). The van der Waals surface area contributed by atoms with E-state index in [-0.39, 0.29) is 24.8 Å². The topological polar surface area (TPSA) is 21.3 Å². The molecule has 1 fully saturated rings. The Labute approximate surface area is 112 Å². The quantitative estimate of drug-likeness (QED) is 0.903. The van der Waals surface area contributed by atoms with E-state index >= 15 is 0 Å². The predicted molar refractivity (Wildman–Crippen MR) is 65.2 cm³/mol. The number of morpholine rings is 1. The van der Waals surface area contributed by atoms with Gasteiger partial charge in [0.2, 0.25) is 0 Å². The van der Waals surface area contributed by atoms with Gasteiger partial charge in [-0.25, -0.2) is 13.2 Å². The molecule has 1 heterocycles. The average Bonchev–Trinajstić information content (AvgIpc) is 2.33. The number of halogens is 4. The van der Waals surface area contributed by atoms with E-state index in [9.17, 15) is 13.2 Å². The van der Waals surface area contributed by atoms with E-state index in [0.717, 1.165) is 0 Å². The molecule has 1 aliphatic heterocycles. The van der Waals surface area contributed by atoms with Crippen LogP contribution in [0.5, 0.6) is 0 Å². The van der Waals surface area contributed by atoms with Crippen LogP contribution < -0.4 is 5.32 Å². The lowest BCUT2D eigenvalue weighted by Gasteiger charge is -2.40. The van der Waals surface area contributed by atoms with Crippen molar-refractivity contribution in [3.63, 3.8) is 0 Å². The van der Waals surface area contributed by atoms with Crippen LogP contribution in [-0.4, -0.2) is 25.7 Å². The molecular weight excluding hydrogens is 311 g/mol. The summed E-state index contributed by atoms with van der Waals surface area (Å²) in [7, 11) is 0. The molecule has 100 valence electrons. The molecule has 18 heavy (non-hydrogen) atoms. The SMILES string of the molecule is CC1CNC(c2cc(Br)ccc2F)(C(F)F)CO1. The zero-order valence-corrected chi connectivity index (χ0v) is 11.3. The molecule has 0 aromatic heterocycles. The molecule has 0 spiro atoms. The molecule has 0 bridgehead atoms. The molecule has 2 nitrogen and oxygen atoms in total. The molecule has 0 radical (unpaired) electrons. The van der Waals surface area contributed by atoms with Gasteiger partial charge in [-0.3, -0.25) is 5.32 Å². The van der Waals surface area contributed by atoms with E-state index in [1.807, 2.05) is 0 Å². The van der Waals surface area contributed by atoms with Crippen molar-refractivity contribution in [2.24, 2.45) is 0 Å². The molecule has 0 aliphatic carbocycles. The smallest absolute Gasteiger partial charge is 0.263 e. The van der Waals surface area contributed by atoms with Crippen molar-refractivity contribution in [1.29, 1.82) is 0 Å². The number of benzene rings is 1. The summed E-state index contributed by atoms with van der Waals surface area (Å²) in [4.78, 5) is 0. The summed E-state index contributed by atoms with van der Waals surface area (Å²) < 4.78 is 46.4. The van der Waals surface area contributed by atoms with E-state index < -0.39 is 17.8 Å². The van der Waals surface area contributed by atoms with Gasteiger partial charge in [-0.2, -0.15) is 0 Å². The van der Waals surface area contributed by atoms with E-state index in [2.05, 4.69) is 21.2 Å². The molecule has 1 aromatic rings. The van der Waals surface area contributed by atoms with Gasteiger partial charge in [0.1, 0.15) is 11.4 Å². The number of nitrogens with one attached hydrogen (secondary N) is 1. The lowest BCUT2D eigenvalue weighted by molar-refractivity contribution is -0.0909. The van der Waals surface area contributed by atoms with Crippen LogP contribution >= 0.6 is 15.9 Å². The van der Waals surface area contributed by atoms with Crippen LogP contribution in [0, 0.1) is 5.82 Å². The molecule has 1 saturated heterocycles. The Balaban J connectivity index is 2.44. The Morgan fingerprint density at radius 3 is 2.78 bits per heavy atom. The molecule has 2 unspecified atom stereocenters. The second kappa shape index (κ2) is 5.19. The number of rotatable bonds is 2. The van der Waals surface area contributed by atoms with Crippen molar-refractivity contribution in [3.05, 3.63) is 34.1 Å². The highest BCUT2D eigenvalue weighted by Crippen LogP contribution is 2.34. The maximum absolute atomic E-state index is 13.8. The molecule has 2 atom stereocenters. The van der Waals surface area contributed by atoms with Crippen molar-refractivity contribution in [2.75, 3.05) is 13.2 Å².